The van der Waals surface area contributed by atoms with E-state index in [1.165, 1.54) is 18.2 Å². The number of nitrogens with one attached hydrogen (secondary N) is 1. The van der Waals surface area contributed by atoms with Crippen LogP contribution in [0.2, 0.25) is 5.02 Å². The van der Waals surface area contributed by atoms with Crippen molar-refractivity contribution in [2.75, 3.05) is 26.4 Å². The van der Waals surface area contributed by atoms with Crippen LogP contribution in [0.15, 0.2) is 18.2 Å². The molecule has 2 N–H and O–H groups in total. The predicted molar refractivity (Wildman–Crippen MR) is 118 cm³/mol. The van der Waals surface area contributed by atoms with Gasteiger partial charge in [0, 0.05) is 36.9 Å². The number of aryl methyl sites for hydroxylation is 2. The second kappa shape index (κ2) is 9.50. The average Bonchev–Trinajstić information content (AvgIpc) is 3.05. The number of fused-ring (bicyclic) bond motifs is 1. The fourth-order valence-electron chi connectivity index (χ4n) is 4.55. The Labute approximate surface area is 191 Å². The first kappa shape index (κ1) is 22.6. The Kier molecular flexibility index (Phi) is 6.71. The molecule has 1 saturated heterocycles. The minimum atomic E-state index is -0.541. The summed E-state index contributed by atoms with van der Waals surface area (Å²) in [6.45, 7) is 4.85. The normalized spacial score (nSPS) is 17.5. The third kappa shape index (κ3) is 4.76. The average molecular weight is 462 g/mol. The maximum atomic E-state index is 12.9. The van der Waals surface area contributed by atoms with E-state index in [1.807, 2.05) is 6.92 Å². The standard InChI is InChI=1S/C23H28ClN3O5/c1-2-27-20-18(13-23(14-25-21(20)29)5-8-31-9-6-23)19(26-27)4-3-7-32-22(30)15-10-16(24)12-17(28)11-15/h10-12,28H,2-9,13-14H2,1H3,(H,25,29). The Morgan fingerprint density at radius 3 is 2.84 bits per heavy atom. The third-order valence-corrected chi connectivity index (χ3v) is 6.51. The van der Waals surface area contributed by atoms with Gasteiger partial charge in [-0.15, -0.1) is 0 Å². The lowest BCUT2D eigenvalue weighted by Crippen LogP contribution is -2.40. The zero-order valence-corrected chi connectivity index (χ0v) is 18.9. The smallest absolute Gasteiger partial charge is 0.338 e. The van der Waals surface area contributed by atoms with Gasteiger partial charge in [-0.1, -0.05) is 11.6 Å². The van der Waals surface area contributed by atoms with Crippen LogP contribution in [0.4, 0.5) is 0 Å². The molecule has 2 aromatic rings. The van der Waals surface area contributed by atoms with Gasteiger partial charge in [0.1, 0.15) is 11.4 Å². The number of benzene rings is 1. The Hall–Kier alpha value is -2.58. The minimum Gasteiger partial charge on any atom is -0.508 e. The van der Waals surface area contributed by atoms with E-state index in [1.54, 1.807) is 4.68 Å². The number of hydrogen-bond donors (Lipinski definition) is 2. The molecule has 0 unspecified atom stereocenters. The first-order valence-electron chi connectivity index (χ1n) is 11.0. The van der Waals surface area contributed by atoms with Gasteiger partial charge in [-0.05, 0) is 62.6 Å². The summed E-state index contributed by atoms with van der Waals surface area (Å²) >= 11 is 5.89. The number of amides is 1. The van der Waals surface area contributed by atoms with Crippen molar-refractivity contribution < 1.29 is 24.2 Å². The number of aromatic nitrogens is 2. The summed E-state index contributed by atoms with van der Waals surface area (Å²) in [5.41, 5.74) is 2.75. The van der Waals surface area contributed by atoms with Gasteiger partial charge in [-0.3, -0.25) is 9.48 Å². The molecule has 9 heteroatoms. The molecule has 4 rings (SSSR count). The molecule has 0 aliphatic carbocycles. The van der Waals surface area contributed by atoms with Crippen molar-refractivity contribution in [1.82, 2.24) is 15.1 Å². The first-order valence-corrected chi connectivity index (χ1v) is 11.4. The molecule has 32 heavy (non-hydrogen) atoms. The van der Waals surface area contributed by atoms with Crippen LogP contribution in [0.25, 0.3) is 0 Å². The molecule has 1 spiro atoms. The number of carbonyl (C=O) groups is 2. The zero-order chi connectivity index (χ0) is 22.7. The van der Waals surface area contributed by atoms with Gasteiger partial charge in [-0.25, -0.2) is 4.79 Å². The number of nitrogens with zero attached hydrogens (tertiary/aromatic N) is 2. The predicted octanol–water partition coefficient (Wildman–Crippen LogP) is 3.13. The van der Waals surface area contributed by atoms with Gasteiger partial charge in [0.05, 0.1) is 17.9 Å². The van der Waals surface area contributed by atoms with Crippen LogP contribution in [0.5, 0.6) is 5.75 Å². The monoisotopic (exact) mass is 461 g/mol. The van der Waals surface area contributed by atoms with Crippen LogP contribution >= 0.6 is 11.6 Å². The maximum absolute atomic E-state index is 12.9. The third-order valence-electron chi connectivity index (χ3n) is 6.29. The molecule has 1 aromatic carbocycles. The lowest BCUT2D eigenvalue weighted by molar-refractivity contribution is 0.0160. The highest BCUT2D eigenvalue weighted by Gasteiger charge is 2.39. The van der Waals surface area contributed by atoms with Crippen molar-refractivity contribution in [3.8, 4) is 5.75 Å². The molecule has 1 aromatic heterocycles. The van der Waals surface area contributed by atoms with Crippen molar-refractivity contribution in [1.29, 1.82) is 0 Å². The molecule has 1 fully saturated rings. The van der Waals surface area contributed by atoms with Crippen LogP contribution in [-0.2, 0) is 28.9 Å². The van der Waals surface area contributed by atoms with E-state index in [0.717, 1.165) is 30.5 Å². The number of phenols is 1. The van der Waals surface area contributed by atoms with E-state index in [-0.39, 0.29) is 34.3 Å². The van der Waals surface area contributed by atoms with E-state index in [4.69, 9.17) is 26.2 Å². The van der Waals surface area contributed by atoms with Gasteiger partial charge in [-0.2, -0.15) is 5.10 Å². The van der Waals surface area contributed by atoms with Gasteiger partial charge >= 0.3 is 5.97 Å². The van der Waals surface area contributed by atoms with Gasteiger partial charge < -0.3 is 19.9 Å². The molecule has 0 saturated carbocycles. The van der Waals surface area contributed by atoms with Crippen molar-refractivity contribution in [2.24, 2.45) is 5.41 Å². The fourth-order valence-corrected chi connectivity index (χ4v) is 4.77. The quantitative estimate of drug-likeness (QED) is 0.506. The Morgan fingerprint density at radius 2 is 2.12 bits per heavy atom. The highest BCUT2D eigenvalue weighted by molar-refractivity contribution is 6.31. The lowest BCUT2D eigenvalue weighted by Gasteiger charge is -2.36. The molecule has 2 aliphatic heterocycles. The van der Waals surface area contributed by atoms with Gasteiger partial charge in [0.25, 0.3) is 5.91 Å². The number of rotatable bonds is 6. The van der Waals surface area contributed by atoms with Crippen molar-refractivity contribution in [2.45, 2.75) is 45.6 Å². The number of phenolic OH excluding ortho intramolecular Hbond substituents is 1. The summed E-state index contributed by atoms with van der Waals surface area (Å²) in [6.07, 6.45) is 3.79. The number of carbonyl (C=O) groups excluding carboxylic acids is 2. The summed E-state index contributed by atoms with van der Waals surface area (Å²) < 4.78 is 12.7. The molecule has 1 amide bonds. The highest BCUT2D eigenvalue weighted by Crippen LogP contribution is 2.37. The van der Waals surface area contributed by atoms with E-state index in [9.17, 15) is 14.7 Å². The van der Waals surface area contributed by atoms with Crippen molar-refractivity contribution in [3.63, 3.8) is 0 Å². The molecular formula is C23H28ClN3O5. The molecular weight excluding hydrogens is 434 g/mol. The summed E-state index contributed by atoms with van der Waals surface area (Å²) in [5.74, 6) is -0.699. The van der Waals surface area contributed by atoms with E-state index in [2.05, 4.69) is 5.32 Å². The Balaban J connectivity index is 1.45. The SMILES string of the molecule is CCn1nc(CCCOC(=O)c2cc(O)cc(Cl)c2)c2c1C(=O)NCC1(CCOCC1)C2. The molecule has 0 bridgehead atoms. The fraction of sp³-hybridized carbons (Fsp3) is 0.522. The molecule has 0 radical (unpaired) electrons. The Bertz CT molecular complexity index is 993. The number of aromatic hydroxyl groups is 1. The van der Waals surface area contributed by atoms with E-state index < -0.39 is 5.97 Å². The van der Waals surface area contributed by atoms with Gasteiger partial charge in [0.2, 0.25) is 0 Å². The second-order valence-corrected chi connectivity index (χ2v) is 8.94. The summed E-state index contributed by atoms with van der Waals surface area (Å²) in [4.78, 5) is 25.1. The van der Waals surface area contributed by atoms with E-state index in [0.29, 0.717) is 44.8 Å². The number of hydrogen-bond acceptors (Lipinski definition) is 6. The highest BCUT2D eigenvalue weighted by atomic mass is 35.5. The minimum absolute atomic E-state index is 0.00341. The summed E-state index contributed by atoms with van der Waals surface area (Å²) in [7, 11) is 0. The first-order chi connectivity index (χ1) is 15.4. The number of esters is 1. The van der Waals surface area contributed by atoms with Crippen molar-refractivity contribution in [3.05, 3.63) is 45.7 Å². The number of halogens is 1. The van der Waals surface area contributed by atoms with Crippen LogP contribution < -0.4 is 5.32 Å². The topological polar surface area (TPSA) is 103 Å². The summed E-state index contributed by atoms with van der Waals surface area (Å²) in [5, 5.41) is 17.7. The Morgan fingerprint density at radius 1 is 1.34 bits per heavy atom. The number of ether oxygens (including phenoxy) is 2. The zero-order valence-electron chi connectivity index (χ0n) is 18.2. The molecule has 172 valence electrons. The van der Waals surface area contributed by atoms with Crippen LogP contribution in [-0.4, -0.2) is 53.1 Å². The maximum Gasteiger partial charge on any atom is 0.338 e. The lowest BCUT2D eigenvalue weighted by atomic mass is 9.75. The van der Waals surface area contributed by atoms with Crippen molar-refractivity contribution >= 4 is 23.5 Å². The van der Waals surface area contributed by atoms with E-state index >= 15 is 0 Å². The van der Waals surface area contributed by atoms with Crippen LogP contribution in [0.1, 0.15) is 58.3 Å². The van der Waals surface area contributed by atoms with Crippen LogP contribution in [0.3, 0.4) is 0 Å². The molecule has 3 heterocycles. The summed E-state index contributed by atoms with van der Waals surface area (Å²) in [6, 6.07) is 4.14. The largest absolute Gasteiger partial charge is 0.508 e. The molecule has 0 atom stereocenters. The second-order valence-electron chi connectivity index (χ2n) is 8.50. The molecule has 8 nitrogen and oxygen atoms in total. The van der Waals surface area contributed by atoms with Crippen LogP contribution in [0, 0.1) is 5.41 Å². The van der Waals surface area contributed by atoms with Gasteiger partial charge in [0.15, 0.2) is 0 Å². The molecule has 2 aliphatic rings.